The Balaban J connectivity index is 4.95. The van der Waals surface area contributed by atoms with Crippen molar-refractivity contribution in [2.75, 3.05) is 20.2 Å². The summed E-state index contributed by atoms with van der Waals surface area (Å²) in [6.45, 7) is 9.43. The van der Waals surface area contributed by atoms with E-state index in [0.29, 0.717) is 12.8 Å². The molecule has 0 fully saturated rings. The summed E-state index contributed by atoms with van der Waals surface area (Å²) in [5, 5.41) is 12.9. The molecule has 142 valence electrons. The van der Waals surface area contributed by atoms with Crippen LogP contribution in [0, 0.1) is 23.2 Å². The molecule has 25 heavy (non-hydrogen) atoms. The van der Waals surface area contributed by atoms with Crippen molar-refractivity contribution >= 4 is 23.5 Å². The van der Waals surface area contributed by atoms with Crippen molar-refractivity contribution in [3.05, 3.63) is 12.7 Å². The molecule has 0 rings (SSSR count). The Morgan fingerprint density at radius 1 is 1.24 bits per heavy atom. The number of amides is 2. The predicted molar refractivity (Wildman–Crippen MR) is 97.3 cm³/mol. The second-order valence-electron chi connectivity index (χ2n) is 6.31. The van der Waals surface area contributed by atoms with Gasteiger partial charge in [-0.2, -0.15) is 0 Å². The maximum atomic E-state index is 12.2. The highest BCUT2D eigenvalue weighted by molar-refractivity contribution is 6.37. The molecule has 0 aliphatic carbocycles. The van der Waals surface area contributed by atoms with E-state index in [4.69, 9.17) is 10.1 Å². The SMILES string of the molecule is C=CCC(C[C@H](CNC(=O)C(=N)CC(C)C)C(=O)OCC)C(=O)NC. The van der Waals surface area contributed by atoms with Gasteiger partial charge in [-0.25, -0.2) is 0 Å². The predicted octanol–water partition coefficient (Wildman–Crippen LogP) is 1.68. The van der Waals surface area contributed by atoms with Gasteiger partial charge in [0.05, 0.1) is 18.2 Å². The highest BCUT2D eigenvalue weighted by Gasteiger charge is 2.28. The van der Waals surface area contributed by atoms with Crippen molar-refractivity contribution in [3.63, 3.8) is 0 Å². The van der Waals surface area contributed by atoms with E-state index < -0.39 is 23.7 Å². The van der Waals surface area contributed by atoms with Crippen LogP contribution in [-0.4, -0.2) is 43.7 Å². The third-order valence-electron chi connectivity index (χ3n) is 3.65. The number of hydrogen-bond acceptors (Lipinski definition) is 5. The summed E-state index contributed by atoms with van der Waals surface area (Å²) in [5.74, 6) is -2.03. The molecular formula is C18H31N3O4. The number of hydrogen-bond donors (Lipinski definition) is 3. The number of allylic oxidation sites excluding steroid dienone is 1. The van der Waals surface area contributed by atoms with Crippen LogP contribution in [0.15, 0.2) is 12.7 Å². The number of carbonyl (C=O) groups is 3. The van der Waals surface area contributed by atoms with Crippen LogP contribution in [0.4, 0.5) is 0 Å². The summed E-state index contributed by atoms with van der Waals surface area (Å²) in [5.41, 5.74) is -0.0217. The molecule has 2 atom stereocenters. The maximum Gasteiger partial charge on any atom is 0.310 e. The molecule has 0 heterocycles. The minimum absolute atomic E-state index is 0.0217. The van der Waals surface area contributed by atoms with E-state index in [9.17, 15) is 14.4 Å². The maximum absolute atomic E-state index is 12.2. The standard InChI is InChI=1S/C18H31N3O4/c1-6-8-13(16(22)20-5)10-14(18(24)25-7-2)11-21-17(23)15(19)9-12(3)4/h6,12-14,19H,1,7-11H2,2-5H3,(H,20,22)(H,21,23)/t13?,14-/m1/s1. The molecule has 0 saturated heterocycles. The lowest BCUT2D eigenvalue weighted by Crippen LogP contribution is -2.40. The van der Waals surface area contributed by atoms with E-state index in [1.807, 2.05) is 13.8 Å². The fourth-order valence-electron chi connectivity index (χ4n) is 2.41. The summed E-state index contributed by atoms with van der Waals surface area (Å²) in [7, 11) is 1.53. The summed E-state index contributed by atoms with van der Waals surface area (Å²) in [4.78, 5) is 36.1. The minimum Gasteiger partial charge on any atom is -0.466 e. The molecule has 7 nitrogen and oxygen atoms in total. The van der Waals surface area contributed by atoms with Crippen molar-refractivity contribution in [1.29, 1.82) is 5.41 Å². The van der Waals surface area contributed by atoms with E-state index in [-0.39, 0.29) is 37.1 Å². The quantitative estimate of drug-likeness (QED) is 0.282. The largest absolute Gasteiger partial charge is 0.466 e. The number of rotatable bonds is 12. The van der Waals surface area contributed by atoms with Gasteiger partial charge in [-0.3, -0.25) is 19.8 Å². The minimum atomic E-state index is -0.655. The normalized spacial score (nSPS) is 12.8. The molecule has 0 aromatic heterocycles. The summed E-state index contributed by atoms with van der Waals surface area (Å²) < 4.78 is 5.05. The van der Waals surface area contributed by atoms with Gasteiger partial charge < -0.3 is 15.4 Å². The first-order chi connectivity index (χ1) is 11.8. The van der Waals surface area contributed by atoms with Gasteiger partial charge in [0.25, 0.3) is 5.91 Å². The smallest absolute Gasteiger partial charge is 0.310 e. The Bertz CT molecular complexity index is 489. The Labute approximate surface area is 150 Å². The van der Waals surface area contributed by atoms with Gasteiger partial charge in [0.1, 0.15) is 0 Å². The van der Waals surface area contributed by atoms with Gasteiger partial charge in [-0.1, -0.05) is 19.9 Å². The number of carbonyl (C=O) groups excluding carboxylic acids is 3. The zero-order chi connectivity index (χ0) is 19.4. The van der Waals surface area contributed by atoms with Crippen LogP contribution in [0.25, 0.3) is 0 Å². The summed E-state index contributed by atoms with van der Waals surface area (Å²) in [6.07, 6.45) is 2.65. The number of esters is 1. The van der Waals surface area contributed by atoms with Crippen LogP contribution in [0.3, 0.4) is 0 Å². The first-order valence-corrected chi connectivity index (χ1v) is 8.61. The van der Waals surface area contributed by atoms with Gasteiger partial charge in [-0.05, 0) is 32.1 Å². The molecule has 0 bridgehead atoms. The van der Waals surface area contributed by atoms with Crippen LogP contribution < -0.4 is 10.6 Å². The fraction of sp³-hybridized carbons (Fsp3) is 0.667. The first kappa shape index (κ1) is 22.8. The Morgan fingerprint density at radius 3 is 2.36 bits per heavy atom. The highest BCUT2D eigenvalue weighted by atomic mass is 16.5. The molecule has 0 aliphatic heterocycles. The second-order valence-corrected chi connectivity index (χ2v) is 6.31. The molecule has 0 spiro atoms. The Kier molecular flexibility index (Phi) is 11.2. The third kappa shape index (κ3) is 9.02. The van der Waals surface area contributed by atoms with Crippen molar-refractivity contribution in [2.24, 2.45) is 17.8 Å². The van der Waals surface area contributed by atoms with Crippen LogP contribution in [-0.2, 0) is 19.1 Å². The molecule has 0 radical (unpaired) electrons. The lowest BCUT2D eigenvalue weighted by atomic mass is 9.91. The molecule has 0 aromatic carbocycles. The van der Waals surface area contributed by atoms with Crippen molar-refractivity contribution in [2.45, 2.75) is 40.0 Å². The van der Waals surface area contributed by atoms with Crippen LogP contribution in [0.2, 0.25) is 0 Å². The first-order valence-electron chi connectivity index (χ1n) is 8.61. The molecule has 0 aliphatic rings. The van der Waals surface area contributed by atoms with Crippen LogP contribution in [0.1, 0.15) is 40.0 Å². The van der Waals surface area contributed by atoms with E-state index in [1.54, 1.807) is 13.0 Å². The molecule has 3 N–H and O–H groups in total. The third-order valence-corrected chi connectivity index (χ3v) is 3.65. The number of ether oxygens (including phenoxy) is 1. The van der Waals surface area contributed by atoms with Gasteiger partial charge in [-0.15, -0.1) is 6.58 Å². The van der Waals surface area contributed by atoms with E-state index in [0.717, 1.165) is 0 Å². The highest BCUT2D eigenvalue weighted by Crippen LogP contribution is 2.18. The lowest BCUT2D eigenvalue weighted by Gasteiger charge is -2.21. The lowest BCUT2D eigenvalue weighted by molar-refractivity contribution is -0.148. The van der Waals surface area contributed by atoms with Crippen molar-refractivity contribution < 1.29 is 19.1 Å². The monoisotopic (exact) mass is 353 g/mol. The molecule has 2 amide bonds. The van der Waals surface area contributed by atoms with Gasteiger partial charge >= 0.3 is 5.97 Å². The van der Waals surface area contributed by atoms with E-state index in [1.165, 1.54) is 7.05 Å². The van der Waals surface area contributed by atoms with Crippen molar-refractivity contribution in [1.82, 2.24) is 10.6 Å². The number of nitrogens with one attached hydrogen (secondary N) is 3. The van der Waals surface area contributed by atoms with Gasteiger partial charge in [0, 0.05) is 19.5 Å². The summed E-state index contributed by atoms with van der Waals surface area (Å²) >= 11 is 0. The summed E-state index contributed by atoms with van der Waals surface area (Å²) in [6, 6.07) is 0. The zero-order valence-corrected chi connectivity index (χ0v) is 15.7. The molecule has 0 saturated carbocycles. The average molecular weight is 353 g/mol. The zero-order valence-electron chi connectivity index (χ0n) is 15.7. The van der Waals surface area contributed by atoms with Crippen LogP contribution in [0.5, 0.6) is 0 Å². The van der Waals surface area contributed by atoms with E-state index in [2.05, 4.69) is 17.2 Å². The second kappa shape index (κ2) is 12.2. The molecule has 1 unspecified atom stereocenters. The molecular weight excluding hydrogens is 322 g/mol. The molecule has 7 heteroatoms. The fourth-order valence-corrected chi connectivity index (χ4v) is 2.41. The van der Waals surface area contributed by atoms with Gasteiger partial charge in [0.15, 0.2) is 0 Å². The van der Waals surface area contributed by atoms with E-state index >= 15 is 0 Å². The Morgan fingerprint density at radius 2 is 1.88 bits per heavy atom. The van der Waals surface area contributed by atoms with Crippen molar-refractivity contribution in [3.8, 4) is 0 Å². The average Bonchev–Trinajstić information content (AvgIpc) is 2.55. The van der Waals surface area contributed by atoms with Gasteiger partial charge in [0.2, 0.25) is 5.91 Å². The topological polar surface area (TPSA) is 108 Å². The van der Waals surface area contributed by atoms with Crippen LogP contribution >= 0.6 is 0 Å². The molecule has 0 aromatic rings. The Hall–Kier alpha value is -2.18.